The monoisotopic (exact) mass is 210 g/mol. The number of aromatic nitrogens is 2. The van der Waals surface area contributed by atoms with E-state index in [-0.39, 0.29) is 6.10 Å². The van der Waals surface area contributed by atoms with Crippen LogP contribution < -0.4 is 4.74 Å². The Kier molecular flexibility index (Phi) is 2.95. The number of aliphatic hydroxyl groups excluding tert-OH is 1. The summed E-state index contributed by atoms with van der Waals surface area (Å²) in [5.74, 6) is 1.26. The van der Waals surface area contributed by atoms with Crippen LogP contribution in [0.2, 0.25) is 0 Å². The number of hydrogen-bond acceptors (Lipinski definition) is 3. The quantitative estimate of drug-likeness (QED) is 0.823. The van der Waals surface area contributed by atoms with Crippen molar-refractivity contribution in [2.75, 3.05) is 7.11 Å². The summed E-state index contributed by atoms with van der Waals surface area (Å²) >= 11 is 0. The highest BCUT2D eigenvalue weighted by Gasteiger charge is 2.29. The molecule has 1 aromatic heterocycles. The molecular weight excluding hydrogens is 192 g/mol. The summed E-state index contributed by atoms with van der Waals surface area (Å²) in [4.78, 5) is 0. The molecule has 1 aromatic rings. The lowest BCUT2D eigenvalue weighted by molar-refractivity contribution is 0.181. The fourth-order valence-corrected chi connectivity index (χ4v) is 2.40. The van der Waals surface area contributed by atoms with Gasteiger partial charge in [0.25, 0.3) is 0 Å². The summed E-state index contributed by atoms with van der Waals surface area (Å²) < 4.78 is 7.28. The number of rotatable bonds is 3. The Balaban J connectivity index is 2.28. The lowest BCUT2D eigenvalue weighted by Crippen LogP contribution is -2.08. The van der Waals surface area contributed by atoms with E-state index in [0.717, 1.165) is 37.3 Å². The molecule has 0 amide bonds. The highest BCUT2D eigenvalue weighted by atomic mass is 16.5. The van der Waals surface area contributed by atoms with Gasteiger partial charge in [0.15, 0.2) is 5.75 Å². The molecule has 0 bridgehead atoms. The van der Waals surface area contributed by atoms with Gasteiger partial charge < -0.3 is 9.84 Å². The predicted octanol–water partition coefficient (Wildman–Crippen LogP) is 1.54. The van der Waals surface area contributed by atoms with Gasteiger partial charge in [0.05, 0.1) is 25.1 Å². The van der Waals surface area contributed by atoms with Crippen LogP contribution in [0.25, 0.3) is 0 Å². The third-order valence-electron chi connectivity index (χ3n) is 3.16. The maximum Gasteiger partial charge on any atom is 0.160 e. The van der Waals surface area contributed by atoms with Gasteiger partial charge in [0.1, 0.15) is 0 Å². The zero-order chi connectivity index (χ0) is 10.8. The summed E-state index contributed by atoms with van der Waals surface area (Å²) in [6, 6.07) is 0. The van der Waals surface area contributed by atoms with Crippen LogP contribution in [-0.4, -0.2) is 28.1 Å². The van der Waals surface area contributed by atoms with Crippen molar-refractivity contribution in [2.45, 2.75) is 44.8 Å². The molecule has 1 aliphatic rings. The van der Waals surface area contributed by atoms with Gasteiger partial charge in [-0.25, -0.2) is 0 Å². The number of nitrogens with zero attached hydrogens (tertiary/aromatic N) is 2. The molecule has 2 atom stereocenters. The van der Waals surface area contributed by atoms with Crippen LogP contribution in [0.4, 0.5) is 0 Å². The SMILES string of the molecule is CCn1ncc(OC)c1C1CCC(O)C1. The van der Waals surface area contributed by atoms with Gasteiger partial charge in [0, 0.05) is 12.5 Å². The summed E-state index contributed by atoms with van der Waals surface area (Å²) in [5, 5.41) is 13.8. The molecule has 0 aromatic carbocycles. The molecule has 84 valence electrons. The van der Waals surface area contributed by atoms with Crippen LogP contribution in [0.3, 0.4) is 0 Å². The van der Waals surface area contributed by atoms with Crippen LogP contribution in [0.15, 0.2) is 6.20 Å². The van der Waals surface area contributed by atoms with Crippen LogP contribution in [0, 0.1) is 0 Å². The molecular formula is C11H18N2O2. The van der Waals surface area contributed by atoms with Crippen molar-refractivity contribution in [2.24, 2.45) is 0 Å². The van der Waals surface area contributed by atoms with Gasteiger partial charge in [-0.05, 0) is 26.2 Å². The molecule has 15 heavy (non-hydrogen) atoms. The third-order valence-corrected chi connectivity index (χ3v) is 3.16. The molecule has 2 unspecified atom stereocenters. The predicted molar refractivity (Wildman–Crippen MR) is 57.1 cm³/mol. The van der Waals surface area contributed by atoms with Crippen LogP contribution in [0.1, 0.15) is 37.8 Å². The van der Waals surface area contributed by atoms with E-state index in [1.54, 1.807) is 13.3 Å². The minimum absolute atomic E-state index is 0.153. The second-order valence-corrected chi connectivity index (χ2v) is 4.08. The highest BCUT2D eigenvalue weighted by molar-refractivity contribution is 5.29. The molecule has 1 aliphatic carbocycles. The molecule has 4 nitrogen and oxygen atoms in total. The number of aliphatic hydroxyl groups is 1. The highest BCUT2D eigenvalue weighted by Crippen LogP contribution is 2.38. The Labute approximate surface area is 89.9 Å². The summed E-state index contributed by atoms with van der Waals surface area (Å²) in [7, 11) is 1.67. The minimum atomic E-state index is -0.153. The zero-order valence-electron chi connectivity index (χ0n) is 9.31. The normalized spacial score (nSPS) is 25.8. The van der Waals surface area contributed by atoms with Crippen molar-refractivity contribution in [3.05, 3.63) is 11.9 Å². The maximum atomic E-state index is 9.56. The molecule has 0 saturated heterocycles. The molecule has 0 spiro atoms. The van der Waals surface area contributed by atoms with E-state index in [2.05, 4.69) is 12.0 Å². The standard InChI is InChI=1S/C11H18N2O2/c1-3-13-11(10(15-2)7-12-13)8-4-5-9(14)6-8/h7-9,14H,3-6H2,1-2H3. The lowest BCUT2D eigenvalue weighted by Gasteiger charge is -2.13. The van der Waals surface area contributed by atoms with Gasteiger partial charge in [-0.1, -0.05) is 0 Å². The maximum absolute atomic E-state index is 9.56. The molecule has 1 saturated carbocycles. The van der Waals surface area contributed by atoms with Gasteiger partial charge >= 0.3 is 0 Å². The van der Waals surface area contributed by atoms with Crippen LogP contribution >= 0.6 is 0 Å². The second kappa shape index (κ2) is 4.23. The molecule has 2 rings (SSSR count). The van der Waals surface area contributed by atoms with E-state index < -0.39 is 0 Å². The van der Waals surface area contributed by atoms with Crippen molar-refractivity contribution >= 4 is 0 Å². The summed E-state index contributed by atoms with van der Waals surface area (Å²) in [6.07, 6.45) is 4.37. The topological polar surface area (TPSA) is 47.3 Å². The molecule has 0 aliphatic heterocycles. The van der Waals surface area contributed by atoms with E-state index in [9.17, 15) is 5.11 Å². The molecule has 4 heteroatoms. The summed E-state index contributed by atoms with van der Waals surface area (Å²) in [6.45, 7) is 2.92. The van der Waals surface area contributed by atoms with Crippen molar-refractivity contribution in [1.29, 1.82) is 0 Å². The van der Waals surface area contributed by atoms with Crippen molar-refractivity contribution in [3.8, 4) is 5.75 Å². The Morgan fingerprint density at radius 1 is 1.60 bits per heavy atom. The number of hydrogen-bond donors (Lipinski definition) is 1. The molecule has 1 fully saturated rings. The summed E-state index contributed by atoms with van der Waals surface area (Å²) in [5.41, 5.74) is 1.15. The molecule has 0 radical (unpaired) electrons. The smallest absolute Gasteiger partial charge is 0.160 e. The van der Waals surface area contributed by atoms with Crippen LogP contribution in [-0.2, 0) is 6.54 Å². The number of aryl methyl sites for hydroxylation is 1. The van der Waals surface area contributed by atoms with Crippen molar-refractivity contribution in [3.63, 3.8) is 0 Å². The number of ether oxygens (including phenoxy) is 1. The number of methoxy groups -OCH3 is 1. The zero-order valence-corrected chi connectivity index (χ0v) is 9.31. The largest absolute Gasteiger partial charge is 0.493 e. The van der Waals surface area contributed by atoms with Crippen molar-refractivity contribution < 1.29 is 9.84 Å². The van der Waals surface area contributed by atoms with E-state index in [4.69, 9.17) is 4.74 Å². The first-order valence-corrected chi connectivity index (χ1v) is 5.54. The average molecular weight is 210 g/mol. The van der Waals surface area contributed by atoms with Crippen LogP contribution in [0.5, 0.6) is 5.75 Å². The molecule has 1 N–H and O–H groups in total. The van der Waals surface area contributed by atoms with Gasteiger partial charge in [-0.15, -0.1) is 0 Å². The Hall–Kier alpha value is -1.03. The Morgan fingerprint density at radius 2 is 2.40 bits per heavy atom. The van der Waals surface area contributed by atoms with Gasteiger partial charge in [-0.3, -0.25) is 4.68 Å². The first kappa shape index (κ1) is 10.5. The minimum Gasteiger partial charge on any atom is -0.493 e. The Bertz CT molecular complexity index is 314. The third kappa shape index (κ3) is 1.86. The fraction of sp³-hybridized carbons (Fsp3) is 0.727. The van der Waals surface area contributed by atoms with Crippen molar-refractivity contribution in [1.82, 2.24) is 9.78 Å². The average Bonchev–Trinajstić information content (AvgIpc) is 2.82. The van der Waals surface area contributed by atoms with E-state index in [0.29, 0.717) is 5.92 Å². The first-order valence-electron chi connectivity index (χ1n) is 5.54. The first-order chi connectivity index (χ1) is 7.26. The lowest BCUT2D eigenvalue weighted by atomic mass is 10.0. The van der Waals surface area contributed by atoms with E-state index in [1.807, 2.05) is 4.68 Å². The second-order valence-electron chi connectivity index (χ2n) is 4.08. The van der Waals surface area contributed by atoms with E-state index >= 15 is 0 Å². The van der Waals surface area contributed by atoms with Gasteiger partial charge in [0.2, 0.25) is 0 Å². The fourth-order valence-electron chi connectivity index (χ4n) is 2.40. The Morgan fingerprint density at radius 3 is 2.93 bits per heavy atom. The molecule has 1 heterocycles. The van der Waals surface area contributed by atoms with E-state index in [1.165, 1.54) is 0 Å². The van der Waals surface area contributed by atoms with Gasteiger partial charge in [-0.2, -0.15) is 5.10 Å².